The van der Waals surface area contributed by atoms with Gasteiger partial charge in [-0.05, 0) is 20.3 Å². The van der Waals surface area contributed by atoms with Crippen molar-refractivity contribution in [2.45, 2.75) is 39.2 Å². The first-order valence-corrected chi connectivity index (χ1v) is 4.32. The highest BCUT2D eigenvalue weighted by Gasteiger charge is 2.32. The number of Topliss-reactive ketones (excluding diaryl/α,β-unsaturated/α-hetero) is 1. The fourth-order valence-corrected chi connectivity index (χ4v) is 1.04. The molecule has 0 rings (SSSR count). The van der Waals surface area contributed by atoms with Gasteiger partial charge in [-0.2, -0.15) is 0 Å². The van der Waals surface area contributed by atoms with Crippen molar-refractivity contribution in [1.82, 2.24) is 0 Å². The number of carbonyl (C=O) groups is 2. The van der Waals surface area contributed by atoms with E-state index < -0.39 is 11.6 Å². The molecule has 0 radical (unpaired) electrons. The summed E-state index contributed by atoms with van der Waals surface area (Å²) in [4.78, 5) is 22.1. The second kappa shape index (κ2) is 4.80. The first kappa shape index (κ1) is 11.9. The summed E-state index contributed by atoms with van der Waals surface area (Å²) in [7, 11) is 0. The van der Waals surface area contributed by atoms with Gasteiger partial charge in [0.05, 0.1) is 0 Å². The Morgan fingerprint density at radius 1 is 1.54 bits per heavy atom. The van der Waals surface area contributed by atoms with E-state index in [4.69, 9.17) is 4.74 Å². The van der Waals surface area contributed by atoms with Crippen molar-refractivity contribution in [3.63, 3.8) is 0 Å². The SMILES string of the molecule is C=CC(=O)OC(C)(CCC)C(C)=O. The lowest BCUT2D eigenvalue weighted by Gasteiger charge is -2.25. The number of ketones is 1. The second-order valence-corrected chi connectivity index (χ2v) is 3.16. The van der Waals surface area contributed by atoms with Crippen LogP contribution in [0.4, 0.5) is 0 Å². The number of carbonyl (C=O) groups excluding carboxylic acids is 2. The molecule has 1 unspecified atom stereocenters. The Balaban J connectivity index is 4.49. The quantitative estimate of drug-likeness (QED) is 0.484. The van der Waals surface area contributed by atoms with Gasteiger partial charge in [-0.25, -0.2) is 4.79 Å². The summed E-state index contributed by atoms with van der Waals surface area (Å²) in [5, 5.41) is 0. The largest absolute Gasteiger partial charge is 0.448 e. The zero-order valence-electron chi connectivity index (χ0n) is 8.42. The Morgan fingerprint density at radius 2 is 2.08 bits per heavy atom. The number of hydrogen-bond donors (Lipinski definition) is 0. The summed E-state index contributed by atoms with van der Waals surface area (Å²) in [6, 6.07) is 0. The van der Waals surface area contributed by atoms with E-state index in [1.807, 2.05) is 6.92 Å². The van der Waals surface area contributed by atoms with Gasteiger partial charge in [0.15, 0.2) is 11.4 Å². The van der Waals surface area contributed by atoms with Crippen molar-refractivity contribution in [3.8, 4) is 0 Å². The molecule has 1 atom stereocenters. The van der Waals surface area contributed by atoms with Crippen molar-refractivity contribution >= 4 is 11.8 Å². The normalized spacial score (nSPS) is 14.4. The van der Waals surface area contributed by atoms with Crippen LogP contribution in [-0.2, 0) is 14.3 Å². The van der Waals surface area contributed by atoms with E-state index in [-0.39, 0.29) is 5.78 Å². The van der Waals surface area contributed by atoms with Gasteiger partial charge in [0.2, 0.25) is 0 Å². The average Bonchev–Trinajstić information content (AvgIpc) is 2.04. The van der Waals surface area contributed by atoms with Crippen molar-refractivity contribution in [2.24, 2.45) is 0 Å². The summed E-state index contributed by atoms with van der Waals surface area (Å²) >= 11 is 0. The smallest absolute Gasteiger partial charge is 0.331 e. The lowest BCUT2D eigenvalue weighted by atomic mass is 9.96. The molecule has 0 amide bonds. The number of ether oxygens (including phenoxy) is 1. The minimum absolute atomic E-state index is 0.135. The Bertz CT molecular complexity index is 220. The van der Waals surface area contributed by atoms with Crippen molar-refractivity contribution < 1.29 is 14.3 Å². The Morgan fingerprint density at radius 3 is 2.38 bits per heavy atom. The van der Waals surface area contributed by atoms with Crippen molar-refractivity contribution in [1.29, 1.82) is 0 Å². The molecule has 0 aliphatic heterocycles. The fraction of sp³-hybridized carbons (Fsp3) is 0.600. The molecular weight excluding hydrogens is 168 g/mol. The second-order valence-electron chi connectivity index (χ2n) is 3.16. The first-order chi connectivity index (χ1) is 5.96. The molecule has 0 spiro atoms. The van der Waals surface area contributed by atoms with Crippen LogP contribution < -0.4 is 0 Å². The van der Waals surface area contributed by atoms with E-state index in [0.29, 0.717) is 6.42 Å². The number of esters is 1. The highest BCUT2D eigenvalue weighted by molar-refractivity contribution is 5.89. The minimum Gasteiger partial charge on any atom is -0.448 e. The molecule has 0 heterocycles. The topological polar surface area (TPSA) is 43.4 Å². The van der Waals surface area contributed by atoms with Gasteiger partial charge < -0.3 is 4.74 Å². The van der Waals surface area contributed by atoms with Crippen LogP contribution in [-0.4, -0.2) is 17.4 Å². The molecule has 0 N–H and O–H groups in total. The van der Waals surface area contributed by atoms with E-state index in [2.05, 4.69) is 6.58 Å². The Labute approximate surface area is 78.8 Å². The molecule has 3 heteroatoms. The summed E-state index contributed by atoms with van der Waals surface area (Å²) < 4.78 is 4.98. The van der Waals surface area contributed by atoms with Crippen LogP contribution in [0.1, 0.15) is 33.6 Å². The third kappa shape index (κ3) is 3.40. The molecule has 74 valence electrons. The Hall–Kier alpha value is -1.12. The molecule has 3 nitrogen and oxygen atoms in total. The molecule has 13 heavy (non-hydrogen) atoms. The van der Waals surface area contributed by atoms with E-state index in [9.17, 15) is 9.59 Å². The zero-order chi connectivity index (χ0) is 10.5. The summed E-state index contributed by atoms with van der Waals surface area (Å²) in [6.45, 7) is 8.26. The maximum absolute atomic E-state index is 11.2. The van der Waals surface area contributed by atoms with Gasteiger partial charge in [0.25, 0.3) is 0 Å². The van der Waals surface area contributed by atoms with Gasteiger partial charge in [-0.3, -0.25) is 4.79 Å². The molecule has 0 saturated carbocycles. The predicted octanol–water partition coefficient (Wildman–Crippen LogP) is 1.86. The van der Waals surface area contributed by atoms with Crippen molar-refractivity contribution in [2.75, 3.05) is 0 Å². The van der Waals surface area contributed by atoms with Gasteiger partial charge >= 0.3 is 5.97 Å². The monoisotopic (exact) mass is 184 g/mol. The fourth-order valence-electron chi connectivity index (χ4n) is 1.04. The van der Waals surface area contributed by atoms with Gasteiger partial charge in [0, 0.05) is 6.08 Å². The third-order valence-corrected chi connectivity index (χ3v) is 1.96. The number of rotatable bonds is 5. The molecule has 0 aromatic heterocycles. The summed E-state index contributed by atoms with van der Waals surface area (Å²) in [6.07, 6.45) is 2.40. The van der Waals surface area contributed by atoms with E-state index >= 15 is 0 Å². The molecule has 0 aromatic rings. The highest BCUT2D eigenvalue weighted by Crippen LogP contribution is 2.19. The van der Waals surface area contributed by atoms with E-state index in [1.165, 1.54) is 6.92 Å². The molecule has 0 aromatic carbocycles. The lowest BCUT2D eigenvalue weighted by Crippen LogP contribution is -2.38. The van der Waals surface area contributed by atoms with Gasteiger partial charge in [0.1, 0.15) is 0 Å². The third-order valence-electron chi connectivity index (χ3n) is 1.96. The highest BCUT2D eigenvalue weighted by atomic mass is 16.6. The molecule has 0 saturated heterocycles. The van der Waals surface area contributed by atoms with Crippen LogP contribution in [0.25, 0.3) is 0 Å². The summed E-state index contributed by atoms with van der Waals surface area (Å²) in [5.74, 6) is -0.685. The zero-order valence-corrected chi connectivity index (χ0v) is 8.42. The van der Waals surface area contributed by atoms with E-state index in [1.54, 1.807) is 6.92 Å². The standard InChI is InChI=1S/C10H16O3/c1-5-7-10(4,8(3)11)13-9(12)6-2/h6H,2,5,7H2,1,3-4H3. The first-order valence-electron chi connectivity index (χ1n) is 4.32. The molecule has 0 aliphatic carbocycles. The minimum atomic E-state index is -0.986. The lowest BCUT2D eigenvalue weighted by molar-refractivity contribution is -0.161. The van der Waals surface area contributed by atoms with Crippen LogP contribution >= 0.6 is 0 Å². The van der Waals surface area contributed by atoms with E-state index in [0.717, 1.165) is 12.5 Å². The van der Waals surface area contributed by atoms with Crippen LogP contribution in [0.15, 0.2) is 12.7 Å². The molecule has 0 aliphatic rings. The van der Waals surface area contributed by atoms with Gasteiger partial charge in [-0.1, -0.05) is 19.9 Å². The maximum Gasteiger partial charge on any atom is 0.331 e. The van der Waals surface area contributed by atoms with Crippen molar-refractivity contribution in [3.05, 3.63) is 12.7 Å². The predicted molar refractivity (Wildman–Crippen MR) is 50.3 cm³/mol. The Kier molecular flexibility index (Phi) is 4.38. The molecular formula is C10H16O3. The van der Waals surface area contributed by atoms with Crippen LogP contribution in [0.3, 0.4) is 0 Å². The van der Waals surface area contributed by atoms with Crippen LogP contribution in [0, 0.1) is 0 Å². The van der Waals surface area contributed by atoms with Gasteiger partial charge in [-0.15, -0.1) is 0 Å². The van der Waals surface area contributed by atoms with Crippen LogP contribution in [0.2, 0.25) is 0 Å². The maximum atomic E-state index is 11.2. The molecule has 0 fully saturated rings. The number of hydrogen-bond acceptors (Lipinski definition) is 3. The van der Waals surface area contributed by atoms with Crippen LogP contribution in [0.5, 0.6) is 0 Å². The molecule has 0 bridgehead atoms. The average molecular weight is 184 g/mol. The summed E-state index contributed by atoms with van der Waals surface area (Å²) in [5.41, 5.74) is -0.986.